The minimum absolute atomic E-state index is 0.0249. The summed E-state index contributed by atoms with van der Waals surface area (Å²) in [7, 11) is 0. The van der Waals surface area contributed by atoms with Crippen molar-refractivity contribution in [1.29, 1.82) is 0 Å². The Morgan fingerprint density at radius 2 is 1.95 bits per heavy atom. The number of nitrogens with zero attached hydrogens (tertiary/aromatic N) is 2. The van der Waals surface area contributed by atoms with Crippen LogP contribution in [-0.2, 0) is 16.1 Å². The molecule has 5 rings (SSSR count). The third-order valence-corrected chi connectivity index (χ3v) is 8.37. The molecular weight excluding hydrogens is 577 g/mol. The SMILES string of the molecule is CC(C)NC(=O)N[C@@H]1CC[C@H]2CCOc3ccccc3C(=O)N3CCN(Cc4ccc(Cl)c(F)c4)C[C@H]3C(=O)NC[C@H]1O2. The van der Waals surface area contributed by atoms with Crippen molar-refractivity contribution in [2.24, 2.45) is 0 Å². The molecule has 2 saturated heterocycles. The van der Waals surface area contributed by atoms with E-state index >= 15 is 0 Å². The second kappa shape index (κ2) is 13.9. The quantitative estimate of drug-likeness (QED) is 0.487. The van der Waals surface area contributed by atoms with Crippen molar-refractivity contribution in [3.05, 3.63) is 64.4 Å². The number of ether oxygens (including phenoxy) is 2. The van der Waals surface area contributed by atoms with Crippen LogP contribution in [0.4, 0.5) is 9.18 Å². The summed E-state index contributed by atoms with van der Waals surface area (Å²) in [6.07, 6.45) is 1.42. The zero-order chi connectivity index (χ0) is 30.5. The monoisotopic (exact) mass is 615 g/mol. The Hall–Kier alpha value is -3.41. The lowest BCUT2D eigenvalue weighted by atomic mass is 9.96. The van der Waals surface area contributed by atoms with Gasteiger partial charge in [-0.3, -0.25) is 14.5 Å². The van der Waals surface area contributed by atoms with E-state index in [0.29, 0.717) is 50.4 Å². The van der Waals surface area contributed by atoms with Gasteiger partial charge in [0.25, 0.3) is 5.91 Å². The van der Waals surface area contributed by atoms with Crippen LogP contribution in [0.5, 0.6) is 5.75 Å². The largest absolute Gasteiger partial charge is 0.493 e. The molecule has 2 aromatic rings. The number of piperazine rings is 1. The number of carbonyl (C=O) groups excluding carboxylic acids is 3. The third-order valence-electron chi connectivity index (χ3n) is 8.06. The standard InChI is InChI=1S/C31H39ClFN5O5/c1-19(2)35-31(41)36-25-10-8-21-11-14-42-27-6-4-3-5-22(27)30(40)38-13-12-37(17-20-7-9-23(32)24(33)15-20)18-26(38)29(39)34-16-28(25)43-21/h3-7,9,15,19,21,25-26,28H,8,10-14,16-18H2,1-2H3,(H,34,39)(H2,35,36,41)/t21-,25+,26-,28+/m0/s1. The number of urea groups is 1. The average molecular weight is 616 g/mol. The van der Waals surface area contributed by atoms with Gasteiger partial charge in [-0.25, -0.2) is 9.18 Å². The average Bonchev–Trinajstić information content (AvgIpc) is 2.98. The first kappa shape index (κ1) is 31.0. The highest BCUT2D eigenvalue weighted by atomic mass is 35.5. The molecule has 0 aliphatic carbocycles. The first-order valence-electron chi connectivity index (χ1n) is 14.9. The van der Waals surface area contributed by atoms with Crippen LogP contribution in [0.15, 0.2) is 42.5 Å². The summed E-state index contributed by atoms with van der Waals surface area (Å²) in [4.78, 5) is 43.8. The van der Waals surface area contributed by atoms with Gasteiger partial charge in [-0.05, 0) is 56.5 Å². The number of fused-ring (bicyclic) bond motifs is 4. The molecule has 232 valence electrons. The van der Waals surface area contributed by atoms with E-state index in [1.807, 2.05) is 24.8 Å². The molecule has 0 aromatic heterocycles. The normalized spacial score (nSPS) is 25.1. The van der Waals surface area contributed by atoms with Gasteiger partial charge >= 0.3 is 6.03 Å². The molecule has 12 heteroatoms. The molecule has 0 unspecified atom stereocenters. The fourth-order valence-electron chi connectivity index (χ4n) is 5.89. The van der Waals surface area contributed by atoms with Crippen LogP contribution < -0.4 is 20.7 Å². The van der Waals surface area contributed by atoms with Crippen molar-refractivity contribution in [3.63, 3.8) is 0 Å². The summed E-state index contributed by atoms with van der Waals surface area (Å²) in [5.74, 6) is -0.658. The molecule has 0 spiro atoms. The third kappa shape index (κ3) is 7.76. The molecule has 43 heavy (non-hydrogen) atoms. The lowest BCUT2D eigenvalue weighted by molar-refractivity contribution is -0.130. The summed E-state index contributed by atoms with van der Waals surface area (Å²) in [5, 5.41) is 8.91. The summed E-state index contributed by atoms with van der Waals surface area (Å²) in [6, 6.07) is 10.3. The number of hydrogen-bond acceptors (Lipinski definition) is 6. The molecule has 0 saturated carbocycles. The summed E-state index contributed by atoms with van der Waals surface area (Å²) in [5.41, 5.74) is 1.12. The van der Waals surface area contributed by atoms with Gasteiger partial charge in [0.15, 0.2) is 0 Å². The molecular formula is C31H39ClFN5O5. The van der Waals surface area contributed by atoms with Crippen LogP contribution in [-0.4, -0.2) is 90.8 Å². The molecule has 3 heterocycles. The van der Waals surface area contributed by atoms with Gasteiger partial charge in [0, 0.05) is 45.2 Å². The number of nitrogens with one attached hydrogen (secondary N) is 3. The number of benzene rings is 2. The molecule has 2 aromatic carbocycles. The van der Waals surface area contributed by atoms with Gasteiger partial charge in [0.2, 0.25) is 5.91 Å². The summed E-state index contributed by atoms with van der Waals surface area (Å²) >= 11 is 5.86. The van der Waals surface area contributed by atoms with E-state index in [1.54, 1.807) is 29.2 Å². The Labute approximate surface area is 256 Å². The number of rotatable bonds is 4. The number of amides is 4. The van der Waals surface area contributed by atoms with Gasteiger partial charge in [-0.2, -0.15) is 0 Å². The minimum Gasteiger partial charge on any atom is -0.493 e. The van der Waals surface area contributed by atoms with Crippen molar-refractivity contribution in [2.45, 2.75) is 70.0 Å². The van der Waals surface area contributed by atoms with Gasteiger partial charge in [0.05, 0.1) is 35.4 Å². The molecule has 2 fully saturated rings. The Kier molecular flexibility index (Phi) is 10.0. The van der Waals surface area contributed by atoms with Crippen molar-refractivity contribution < 1.29 is 28.2 Å². The van der Waals surface area contributed by atoms with Crippen molar-refractivity contribution in [2.75, 3.05) is 32.8 Å². The topological polar surface area (TPSA) is 112 Å². The summed E-state index contributed by atoms with van der Waals surface area (Å²) < 4.78 is 26.6. The Morgan fingerprint density at radius 3 is 2.74 bits per heavy atom. The lowest BCUT2D eigenvalue weighted by Gasteiger charge is -2.42. The van der Waals surface area contributed by atoms with E-state index < -0.39 is 18.0 Å². The molecule has 3 aliphatic rings. The Bertz CT molecular complexity index is 1330. The maximum absolute atomic E-state index is 14.1. The second-order valence-electron chi connectivity index (χ2n) is 11.6. The Morgan fingerprint density at radius 1 is 1.14 bits per heavy atom. The molecule has 4 amide bonds. The summed E-state index contributed by atoms with van der Waals surface area (Å²) in [6.45, 7) is 5.72. The number of hydrogen-bond donors (Lipinski definition) is 3. The van der Waals surface area contributed by atoms with Crippen LogP contribution in [0, 0.1) is 5.82 Å². The highest BCUT2D eigenvalue weighted by molar-refractivity contribution is 6.30. The number of halogens is 2. The van der Waals surface area contributed by atoms with Crippen LogP contribution in [0.3, 0.4) is 0 Å². The molecule has 2 bridgehead atoms. The van der Waals surface area contributed by atoms with Crippen LogP contribution >= 0.6 is 11.6 Å². The van der Waals surface area contributed by atoms with E-state index in [1.165, 1.54) is 12.1 Å². The van der Waals surface area contributed by atoms with Crippen LogP contribution in [0.1, 0.15) is 49.0 Å². The predicted octanol–water partition coefficient (Wildman–Crippen LogP) is 3.33. The molecule has 3 aliphatic heterocycles. The smallest absolute Gasteiger partial charge is 0.315 e. The van der Waals surface area contributed by atoms with E-state index in [9.17, 15) is 18.8 Å². The second-order valence-corrected chi connectivity index (χ2v) is 12.0. The van der Waals surface area contributed by atoms with Crippen molar-refractivity contribution in [1.82, 2.24) is 25.8 Å². The van der Waals surface area contributed by atoms with Gasteiger partial charge in [-0.15, -0.1) is 0 Å². The Balaban J connectivity index is 1.38. The fraction of sp³-hybridized carbons (Fsp3) is 0.516. The number of para-hydroxylation sites is 1. The molecule has 4 atom stereocenters. The van der Waals surface area contributed by atoms with Crippen LogP contribution in [0.2, 0.25) is 5.02 Å². The predicted molar refractivity (Wildman–Crippen MR) is 160 cm³/mol. The van der Waals surface area contributed by atoms with Crippen molar-refractivity contribution in [3.8, 4) is 5.75 Å². The van der Waals surface area contributed by atoms with E-state index in [2.05, 4.69) is 16.0 Å². The molecule has 10 nitrogen and oxygen atoms in total. The fourth-order valence-corrected chi connectivity index (χ4v) is 6.01. The number of carbonyl (C=O) groups is 3. The first-order valence-corrected chi connectivity index (χ1v) is 15.2. The lowest BCUT2D eigenvalue weighted by Crippen LogP contribution is -2.62. The van der Waals surface area contributed by atoms with E-state index in [0.717, 1.165) is 12.0 Å². The van der Waals surface area contributed by atoms with Gasteiger partial charge in [-0.1, -0.05) is 29.8 Å². The highest BCUT2D eigenvalue weighted by Gasteiger charge is 2.39. The first-order chi connectivity index (χ1) is 20.7. The van der Waals surface area contributed by atoms with Gasteiger partial charge in [0.1, 0.15) is 17.6 Å². The minimum atomic E-state index is -0.815. The van der Waals surface area contributed by atoms with Crippen molar-refractivity contribution >= 4 is 29.4 Å². The van der Waals surface area contributed by atoms with E-state index in [4.69, 9.17) is 21.1 Å². The maximum Gasteiger partial charge on any atom is 0.315 e. The molecule has 3 N–H and O–H groups in total. The van der Waals surface area contributed by atoms with Gasteiger partial charge < -0.3 is 30.3 Å². The zero-order valence-corrected chi connectivity index (χ0v) is 25.2. The maximum atomic E-state index is 14.1. The van der Waals surface area contributed by atoms with Crippen LogP contribution in [0.25, 0.3) is 0 Å². The van der Waals surface area contributed by atoms with E-state index in [-0.39, 0.29) is 54.1 Å². The molecule has 0 radical (unpaired) electrons. The highest BCUT2D eigenvalue weighted by Crippen LogP contribution is 2.27. The zero-order valence-electron chi connectivity index (χ0n) is 24.5.